The van der Waals surface area contributed by atoms with E-state index >= 15 is 0 Å². The van der Waals surface area contributed by atoms with Crippen molar-refractivity contribution in [3.05, 3.63) is 48.5 Å². The Balaban J connectivity index is 2.33. The summed E-state index contributed by atoms with van der Waals surface area (Å²) in [5.41, 5.74) is 1.63. The highest BCUT2D eigenvalue weighted by Gasteiger charge is 2.39. The monoisotopic (exact) mass is 357 g/mol. The molecule has 0 saturated heterocycles. The number of amides is 1. The summed E-state index contributed by atoms with van der Waals surface area (Å²) in [6, 6.07) is 13.2. The maximum Gasteiger partial charge on any atom is 0.474 e. The fourth-order valence-electron chi connectivity index (χ4n) is 1.95. The number of carbonyl (C=O) groups is 1. The quantitative estimate of drug-likeness (QED) is 0.837. The first-order valence-corrected chi connectivity index (χ1v) is 8.63. The van der Waals surface area contributed by atoms with Crippen molar-refractivity contribution in [2.75, 3.05) is 13.4 Å². The van der Waals surface area contributed by atoms with Crippen LogP contribution in [-0.4, -0.2) is 29.7 Å². The van der Waals surface area contributed by atoms with Crippen molar-refractivity contribution in [1.29, 1.82) is 0 Å². The molecule has 4 nitrogen and oxygen atoms in total. The Hall–Kier alpha value is -2.35. The Morgan fingerprint density at radius 3 is 1.88 bits per heavy atom. The van der Waals surface area contributed by atoms with E-state index in [2.05, 4.69) is 4.36 Å². The van der Waals surface area contributed by atoms with Gasteiger partial charge < -0.3 is 4.74 Å². The molecule has 0 heterocycles. The van der Waals surface area contributed by atoms with Crippen molar-refractivity contribution in [2.45, 2.75) is 11.1 Å². The van der Waals surface area contributed by atoms with Crippen LogP contribution in [0.5, 0.6) is 5.75 Å². The molecule has 24 heavy (non-hydrogen) atoms. The third kappa shape index (κ3) is 4.14. The van der Waals surface area contributed by atoms with Gasteiger partial charge in [0.05, 0.1) is 16.8 Å². The van der Waals surface area contributed by atoms with Crippen LogP contribution < -0.4 is 4.74 Å². The molecule has 2 aromatic carbocycles. The summed E-state index contributed by atoms with van der Waals surface area (Å²) < 4.78 is 56.9. The molecule has 0 aromatic heterocycles. The molecule has 2 aromatic rings. The van der Waals surface area contributed by atoms with Gasteiger partial charge in [0.25, 0.3) is 0 Å². The fraction of sp³-hybridized carbons (Fsp3) is 0.188. The van der Waals surface area contributed by atoms with Gasteiger partial charge >= 0.3 is 12.1 Å². The normalized spacial score (nSPS) is 13.9. The molecule has 1 amide bonds. The van der Waals surface area contributed by atoms with Crippen LogP contribution in [-0.2, 0) is 14.5 Å². The Labute approximate surface area is 137 Å². The van der Waals surface area contributed by atoms with E-state index in [9.17, 15) is 22.2 Å². The first-order chi connectivity index (χ1) is 11.1. The van der Waals surface area contributed by atoms with E-state index in [0.29, 0.717) is 5.75 Å². The number of hydrogen-bond acceptors (Lipinski definition) is 3. The smallest absolute Gasteiger partial charge is 0.474 e. The molecule has 1 atom stereocenters. The summed E-state index contributed by atoms with van der Waals surface area (Å²) >= 11 is 0. The van der Waals surface area contributed by atoms with E-state index in [1.165, 1.54) is 12.1 Å². The van der Waals surface area contributed by atoms with Crippen LogP contribution in [0.4, 0.5) is 13.2 Å². The largest absolute Gasteiger partial charge is 0.497 e. The first kappa shape index (κ1) is 18.0. The first-order valence-electron chi connectivity index (χ1n) is 6.71. The molecule has 0 aliphatic carbocycles. The molecular formula is C16H14F3NO3S. The lowest BCUT2D eigenvalue weighted by atomic mass is 10.1. The third-order valence-electron chi connectivity index (χ3n) is 3.21. The number of methoxy groups -OCH3 is 1. The molecule has 128 valence electrons. The third-order valence-corrected chi connectivity index (χ3v) is 4.88. The van der Waals surface area contributed by atoms with Gasteiger partial charge in [-0.2, -0.15) is 13.2 Å². The summed E-state index contributed by atoms with van der Waals surface area (Å²) in [5.74, 6) is -1.66. The molecule has 8 heteroatoms. The standard InChI is InChI=1S/C16H14F3NO3S/c1-23-13-7-3-11(4-8-13)12-5-9-14(10-6-12)24(2,22)20-15(21)16(17,18)19/h3-10H,1-2H3. The van der Waals surface area contributed by atoms with Gasteiger partial charge in [-0.25, -0.2) is 4.21 Å². The number of hydrogen-bond donors (Lipinski definition) is 0. The van der Waals surface area contributed by atoms with Crippen LogP contribution in [0.1, 0.15) is 0 Å². The summed E-state index contributed by atoms with van der Waals surface area (Å²) in [5, 5.41) is 0. The number of carbonyl (C=O) groups excluding carboxylic acids is 1. The molecule has 0 aliphatic heterocycles. The van der Waals surface area contributed by atoms with Gasteiger partial charge in [-0.05, 0) is 35.4 Å². The van der Waals surface area contributed by atoms with Crippen molar-refractivity contribution < 1.29 is 26.9 Å². The number of ether oxygens (including phenoxy) is 1. The predicted molar refractivity (Wildman–Crippen MR) is 84.3 cm³/mol. The highest BCUT2D eigenvalue weighted by Crippen LogP contribution is 2.25. The van der Waals surface area contributed by atoms with Gasteiger partial charge in [0.2, 0.25) is 0 Å². The zero-order chi connectivity index (χ0) is 18.0. The van der Waals surface area contributed by atoms with Gasteiger partial charge in [0, 0.05) is 11.2 Å². The highest BCUT2D eigenvalue weighted by atomic mass is 32.2. The lowest BCUT2D eigenvalue weighted by Crippen LogP contribution is -2.21. The zero-order valence-electron chi connectivity index (χ0n) is 12.8. The van der Waals surface area contributed by atoms with Gasteiger partial charge in [-0.1, -0.05) is 24.3 Å². The van der Waals surface area contributed by atoms with E-state index in [1.54, 1.807) is 31.4 Å². The minimum absolute atomic E-state index is 0.0531. The molecule has 0 fully saturated rings. The van der Waals surface area contributed by atoms with Crippen LogP contribution in [0, 0.1) is 0 Å². The van der Waals surface area contributed by atoms with Gasteiger partial charge in [-0.3, -0.25) is 4.79 Å². The number of benzene rings is 2. The van der Waals surface area contributed by atoms with Crippen molar-refractivity contribution in [3.63, 3.8) is 0 Å². The molecule has 0 radical (unpaired) electrons. The predicted octanol–water partition coefficient (Wildman–Crippen LogP) is 3.91. The molecular weight excluding hydrogens is 343 g/mol. The van der Waals surface area contributed by atoms with E-state index in [4.69, 9.17) is 4.74 Å². The average Bonchev–Trinajstić information content (AvgIpc) is 2.54. The van der Waals surface area contributed by atoms with E-state index in [1.807, 2.05) is 12.1 Å². The number of halogens is 3. The van der Waals surface area contributed by atoms with E-state index < -0.39 is 21.8 Å². The van der Waals surface area contributed by atoms with Crippen LogP contribution in [0.3, 0.4) is 0 Å². The van der Waals surface area contributed by atoms with E-state index in [0.717, 1.165) is 17.4 Å². The second-order valence-electron chi connectivity index (χ2n) is 4.95. The molecule has 2 rings (SSSR count). The highest BCUT2D eigenvalue weighted by molar-refractivity contribution is 7.93. The molecule has 0 saturated carbocycles. The Kier molecular flexibility index (Phi) is 4.98. The second-order valence-corrected chi connectivity index (χ2v) is 7.21. The van der Waals surface area contributed by atoms with E-state index in [-0.39, 0.29) is 4.90 Å². The number of rotatable bonds is 3. The van der Waals surface area contributed by atoms with Crippen LogP contribution >= 0.6 is 0 Å². The maximum absolute atomic E-state index is 12.3. The van der Waals surface area contributed by atoms with Gasteiger partial charge in [0.1, 0.15) is 5.75 Å². The maximum atomic E-state index is 12.3. The molecule has 0 spiro atoms. The Morgan fingerprint density at radius 1 is 1.00 bits per heavy atom. The van der Waals surface area contributed by atoms with Gasteiger partial charge in [-0.15, -0.1) is 4.36 Å². The Morgan fingerprint density at radius 2 is 1.46 bits per heavy atom. The van der Waals surface area contributed by atoms with Crippen LogP contribution in [0.2, 0.25) is 0 Å². The minimum atomic E-state index is -5.14. The number of nitrogens with zero attached hydrogens (tertiary/aromatic N) is 1. The Bertz CT molecular complexity index is 850. The lowest BCUT2D eigenvalue weighted by Gasteiger charge is -2.08. The van der Waals surface area contributed by atoms with Crippen molar-refractivity contribution >= 4 is 15.6 Å². The summed E-state index contributed by atoms with van der Waals surface area (Å²) in [6.45, 7) is 0. The molecule has 0 bridgehead atoms. The second kappa shape index (κ2) is 6.64. The van der Waals surface area contributed by atoms with Crippen molar-refractivity contribution in [2.24, 2.45) is 4.36 Å². The molecule has 1 unspecified atom stereocenters. The molecule has 0 aliphatic rings. The van der Waals surface area contributed by atoms with Crippen molar-refractivity contribution in [1.82, 2.24) is 0 Å². The lowest BCUT2D eigenvalue weighted by molar-refractivity contribution is -0.169. The van der Waals surface area contributed by atoms with Crippen molar-refractivity contribution in [3.8, 4) is 16.9 Å². The van der Waals surface area contributed by atoms with Crippen LogP contribution in [0.25, 0.3) is 11.1 Å². The van der Waals surface area contributed by atoms with Gasteiger partial charge in [0.15, 0.2) is 0 Å². The number of alkyl halides is 3. The SMILES string of the molecule is COc1ccc(-c2ccc(S(C)(=O)=NC(=O)C(F)(F)F)cc2)cc1. The minimum Gasteiger partial charge on any atom is -0.497 e. The molecule has 0 N–H and O–H groups in total. The summed E-state index contributed by atoms with van der Waals surface area (Å²) in [6.07, 6.45) is -4.14. The summed E-state index contributed by atoms with van der Waals surface area (Å²) in [4.78, 5) is 11.0. The fourth-order valence-corrected chi connectivity index (χ4v) is 3.11. The van der Waals surface area contributed by atoms with Crippen LogP contribution in [0.15, 0.2) is 57.8 Å². The average molecular weight is 357 g/mol. The zero-order valence-corrected chi connectivity index (χ0v) is 13.6. The summed E-state index contributed by atoms with van der Waals surface area (Å²) in [7, 11) is -1.92. The topological polar surface area (TPSA) is 55.7 Å².